The zero-order valence-electron chi connectivity index (χ0n) is 15.9. The zero-order chi connectivity index (χ0) is 20.1. The van der Waals surface area contributed by atoms with E-state index in [2.05, 4.69) is 6.07 Å². The number of benzene rings is 2. The molecule has 0 unspecified atom stereocenters. The molecule has 1 heterocycles. The summed E-state index contributed by atoms with van der Waals surface area (Å²) in [5.74, 6) is 0.355. The van der Waals surface area contributed by atoms with Crippen LogP contribution < -0.4 is 10.5 Å². The summed E-state index contributed by atoms with van der Waals surface area (Å²) in [6.07, 6.45) is 0.304. The highest BCUT2D eigenvalue weighted by Crippen LogP contribution is 2.43. The van der Waals surface area contributed by atoms with E-state index in [4.69, 9.17) is 15.2 Å². The zero-order valence-corrected chi connectivity index (χ0v) is 15.9. The maximum atomic E-state index is 12.7. The Morgan fingerprint density at radius 2 is 1.86 bits per heavy atom. The molecule has 1 atom stereocenters. The SMILES string of the molecule is CCC(=O)C1=C(C)OC(N)=C(C#N)[C@H]1c1ccccc1OCc1ccccc1. The highest BCUT2D eigenvalue weighted by Gasteiger charge is 2.36. The molecule has 0 bridgehead atoms. The number of rotatable bonds is 6. The topological polar surface area (TPSA) is 85.3 Å². The number of nitrogens with two attached hydrogens (primary N) is 1. The molecule has 0 saturated heterocycles. The van der Waals surface area contributed by atoms with Crippen molar-refractivity contribution in [3.8, 4) is 11.8 Å². The van der Waals surface area contributed by atoms with Crippen molar-refractivity contribution < 1.29 is 14.3 Å². The molecule has 28 heavy (non-hydrogen) atoms. The van der Waals surface area contributed by atoms with Gasteiger partial charge in [0, 0.05) is 17.6 Å². The number of hydrogen-bond donors (Lipinski definition) is 1. The Morgan fingerprint density at radius 3 is 2.54 bits per heavy atom. The molecule has 0 fully saturated rings. The quantitative estimate of drug-likeness (QED) is 0.813. The molecule has 0 aromatic heterocycles. The summed E-state index contributed by atoms with van der Waals surface area (Å²) in [7, 11) is 0. The summed E-state index contributed by atoms with van der Waals surface area (Å²) < 4.78 is 11.6. The van der Waals surface area contributed by atoms with Crippen molar-refractivity contribution in [2.45, 2.75) is 32.8 Å². The molecule has 5 nitrogen and oxygen atoms in total. The smallest absolute Gasteiger partial charge is 0.205 e. The Morgan fingerprint density at radius 1 is 1.18 bits per heavy atom. The first-order valence-corrected chi connectivity index (χ1v) is 9.14. The van der Waals surface area contributed by atoms with Gasteiger partial charge in [0.2, 0.25) is 5.88 Å². The first-order chi connectivity index (χ1) is 13.6. The van der Waals surface area contributed by atoms with Crippen molar-refractivity contribution in [2.75, 3.05) is 0 Å². The van der Waals surface area contributed by atoms with E-state index in [1.807, 2.05) is 54.6 Å². The Bertz CT molecular complexity index is 984. The second-order valence-electron chi connectivity index (χ2n) is 6.48. The van der Waals surface area contributed by atoms with Crippen LogP contribution in [-0.2, 0) is 16.1 Å². The summed E-state index contributed by atoms with van der Waals surface area (Å²) >= 11 is 0. The van der Waals surface area contributed by atoms with Gasteiger partial charge in [-0.2, -0.15) is 5.26 Å². The number of ether oxygens (including phenoxy) is 2. The van der Waals surface area contributed by atoms with Gasteiger partial charge < -0.3 is 15.2 Å². The minimum Gasteiger partial charge on any atom is -0.489 e. The summed E-state index contributed by atoms with van der Waals surface area (Å²) in [4.78, 5) is 12.7. The van der Waals surface area contributed by atoms with Crippen LogP contribution in [0.5, 0.6) is 5.75 Å². The predicted molar refractivity (Wildman–Crippen MR) is 106 cm³/mol. The molecule has 1 aliphatic heterocycles. The lowest BCUT2D eigenvalue weighted by Gasteiger charge is -2.28. The second kappa shape index (κ2) is 8.45. The molecule has 2 N–H and O–H groups in total. The Labute approximate surface area is 164 Å². The maximum absolute atomic E-state index is 12.7. The van der Waals surface area contributed by atoms with Crippen LogP contribution in [0.2, 0.25) is 0 Å². The molecule has 1 aliphatic rings. The number of carbonyl (C=O) groups excluding carboxylic acids is 1. The van der Waals surface area contributed by atoms with E-state index >= 15 is 0 Å². The van der Waals surface area contributed by atoms with Crippen LogP contribution in [0.25, 0.3) is 0 Å². The molecular weight excluding hydrogens is 352 g/mol. The van der Waals surface area contributed by atoms with Crippen molar-refractivity contribution in [1.29, 1.82) is 5.26 Å². The average Bonchev–Trinajstić information content (AvgIpc) is 2.72. The standard InChI is InChI=1S/C23H22N2O3/c1-3-19(26)21-15(2)28-23(25)18(13-24)22(21)17-11-7-8-12-20(17)27-14-16-9-5-4-6-10-16/h4-12,22H,3,14,25H2,1-2H3/t22-/m1/s1. The van der Waals surface area contributed by atoms with Gasteiger partial charge in [-0.1, -0.05) is 55.5 Å². The molecular formula is C23H22N2O3. The molecule has 142 valence electrons. The number of nitriles is 1. The van der Waals surface area contributed by atoms with E-state index in [-0.39, 0.29) is 17.2 Å². The molecule has 0 aliphatic carbocycles. The van der Waals surface area contributed by atoms with Crippen LogP contribution in [0.15, 0.2) is 77.4 Å². The third kappa shape index (κ3) is 3.77. The summed E-state index contributed by atoms with van der Waals surface area (Å²) in [5, 5.41) is 9.71. The maximum Gasteiger partial charge on any atom is 0.205 e. The number of nitrogens with zero attached hydrogens (tertiary/aromatic N) is 1. The van der Waals surface area contributed by atoms with Gasteiger partial charge in [-0.25, -0.2) is 0 Å². The van der Waals surface area contributed by atoms with E-state index in [1.54, 1.807) is 13.8 Å². The molecule has 0 spiro atoms. The largest absolute Gasteiger partial charge is 0.489 e. The van der Waals surface area contributed by atoms with Crippen molar-refractivity contribution in [3.05, 3.63) is 88.5 Å². The number of ketones is 1. The van der Waals surface area contributed by atoms with Crippen LogP contribution >= 0.6 is 0 Å². The number of para-hydroxylation sites is 1. The van der Waals surface area contributed by atoms with Crippen molar-refractivity contribution in [1.82, 2.24) is 0 Å². The Balaban J connectivity index is 2.05. The van der Waals surface area contributed by atoms with Crippen molar-refractivity contribution >= 4 is 5.78 Å². The molecule has 2 aromatic rings. The van der Waals surface area contributed by atoms with Gasteiger partial charge in [0.1, 0.15) is 29.8 Å². The summed E-state index contributed by atoms with van der Waals surface area (Å²) in [5.41, 5.74) is 8.39. The van der Waals surface area contributed by atoms with E-state index in [1.165, 1.54) is 0 Å². The molecule has 2 aromatic carbocycles. The minimum atomic E-state index is -0.613. The highest BCUT2D eigenvalue weighted by atomic mass is 16.5. The average molecular weight is 374 g/mol. The predicted octanol–water partition coefficient (Wildman–Crippen LogP) is 4.33. The molecule has 3 rings (SSSR count). The molecule has 0 amide bonds. The van der Waals surface area contributed by atoms with Crippen LogP contribution in [0, 0.1) is 11.3 Å². The first-order valence-electron chi connectivity index (χ1n) is 9.14. The van der Waals surface area contributed by atoms with Crippen LogP contribution in [0.1, 0.15) is 37.3 Å². The van der Waals surface area contributed by atoms with Gasteiger partial charge in [0.25, 0.3) is 0 Å². The first kappa shape index (κ1) is 19.2. The van der Waals surface area contributed by atoms with E-state index in [0.717, 1.165) is 11.1 Å². The lowest BCUT2D eigenvalue weighted by Crippen LogP contribution is -2.24. The summed E-state index contributed by atoms with van der Waals surface area (Å²) in [6.45, 7) is 3.86. The molecule has 0 radical (unpaired) electrons. The van der Waals surface area contributed by atoms with Gasteiger partial charge >= 0.3 is 0 Å². The van der Waals surface area contributed by atoms with E-state index in [0.29, 0.717) is 30.1 Å². The van der Waals surface area contributed by atoms with Gasteiger partial charge in [-0.3, -0.25) is 4.79 Å². The van der Waals surface area contributed by atoms with Crippen molar-refractivity contribution in [3.63, 3.8) is 0 Å². The number of carbonyl (C=O) groups is 1. The highest BCUT2D eigenvalue weighted by molar-refractivity contribution is 5.98. The van der Waals surface area contributed by atoms with Crippen LogP contribution in [-0.4, -0.2) is 5.78 Å². The van der Waals surface area contributed by atoms with Crippen LogP contribution in [0.4, 0.5) is 0 Å². The fraction of sp³-hybridized carbons (Fsp3) is 0.217. The van der Waals surface area contributed by atoms with Gasteiger partial charge in [0.15, 0.2) is 5.78 Å². The number of hydrogen-bond acceptors (Lipinski definition) is 5. The van der Waals surface area contributed by atoms with E-state index in [9.17, 15) is 10.1 Å². The minimum absolute atomic E-state index is 0.0236. The van der Waals surface area contributed by atoms with Crippen molar-refractivity contribution in [2.24, 2.45) is 5.73 Å². The second-order valence-corrected chi connectivity index (χ2v) is 6.48. The lowest BCUT2D eigenvalue weighted by atomic mass is 9.80. The van der Waals surface area contributed by atoms with Crippen LogP contribution in [0.3, 0.4) is 0 Å². The van der Waals surface area contributed by atoms with Gasteiger partial charge in [-0.05, 0) is 18.6 Å². The van der Waals surface area contributed by atoms with E-state index < -0.39 is 5.92 Å². The molecule has 0 saturated carbocycles. The fourth-order valence-corrected chi connectivity index (χ4v) is 3.33. The Kier molecular flexibility index (Phi) is 5.81. The third-order valence-electron chi connectivity index (χ3n) is 4.69. The van der Waals surface area contributed by atoms with Gasteiger partial charge in [0.05, 0.1) is 5.92 Å². The number of Topliss-reactive ketones (excluding diaryl/α,β-unsaturated/α-hetero) is 1. The molecule has 5 heteroatoms. The monoisotopic (exact) mass is 374 g/mol. The third-order valence-corrected chi connectivity index (χ3v) is 4.69. The Hall–Kier alpha value is -3.52. The fourth-order valence-electron chi connectivity index (χ4n) is 3.33. The normalized spacial score (nSPS) is 16.4. The lowest BCUT2D eigenvalue weighted by molar-refractivity contribution is -0.115. The summed E-state index contributed by atoms with van der Waals surface area (Å²) in [6, 6.07) is 19.3. The number of allylic oxidation sites excluding steroid dienone is 3. The van der Waals surface area contributed by atoms with Gasteiger partial charge in [-0.15, -0.1) is 0 Å².